The Balaban J connectivity index is 1.86. The first kappa shape index (κ1) is 14.9. The molecule has 1 aromatic heterocycles. The fourth-order valence-electron chi connectivity index (χ4n) is 3.16. The van der Waals surface area contributed by atoms with Crippen LogP contribution in [0.25, 0.3) is 0 Å². The van der Waals surface area contributed by atoms with Crippen molar-refractivity contribution in [2.75, 3.05) is 20.8 Å². The minimum absolute atomic E-state index is 0.315. The largest absolute Gasteiger partial charge is 0.497 e. The average Bonchev–Trinajstić information content (AvgIpc) is 3.16. The third-order valence-electron chi connectivity index (χ3n) is 4.20. The van der Waals surface area contributed by atoms with Gasteiger partial charge in [0.15, 0.2) is 5.76 Å². The first-order valence-corrected chi connectivity index (χ1v) is 7.59. The zero-order valence-electron chi connectivity index (χ0n) is 13.3. The van der Waals surface area contributed by atoms with Crippen molar-refractivity contribution in [2.45, 2.75) is 32.4 Å². The summed E-state index contributed by atoms with van der Waals surface area (Å²) in [6, 6.07) is 8.30. The highest BCUT2D eigenvalue weighted by molar-refractivity contribution is 5.42. The van der Waals surface area contributed by atoms with Crippen molar-refractivity contribution >= 4 is 0 Å². The fraction of sp³-hybridized carbons (Fsp3) is 0.471. The summed E-state index contributed by atoms with van der Waals surface area (Å²) in [4.78, 5) is 2.41. The number of hydrogen-bond donors (Lipinski definition) is 0. The molecule has 0 N–H and O–H groups in total. The van der Waals surface area contributed by atoms with Crippen molar-refractivity contribution < 1.29 is 14.0 Å². The van der Waals surface area contributed by atoms with Crippen LogP contribution in [0.2, 0.25) is 0 Å². The molecule has 1 unspecified atom stereocenters. The molecule has 0 spiro atoms. The Morgan fingerprint density at radius 3 is 2.82 bits per heavy atom. The first-order valence-electron chi connectivity index (χ1n) is 7.59. The van der Waals surface area contributed by atoms with Gasteiger partial charge in [0.05, 0.1) is 26.5 Å². The summed E-state index contributed by atoms with van der Waals surface area (Å²) in [6.07, 6.45) is 2.27. The van der Waals surface area contributed by atoms with E-state index < -0.39 is 0 Å². The molecular formula is C17H22N2O3. The normalized spacial score (nSPS) is 18.6. The molecule has 0 saturated carbocycles. The monoisotopic (exact) mass is 302 g/mol. The highest BCUT2D eigenvalue weighted by Crippen LogP contribution is 2.39. The van der Waals surface area contributed by atoms with Gasteiger partial charge in [-0.15, -0.1) is 0 Å². The lowest BCUT2D eigenvalue weighted by Gasteiger charge is -2.25. The summed E-state index contributed by atoms with van der Waals surface area (Å²) in [5, 5.41) is 3.97. The number of hydrogen-bond acceptors (Lipinski definition) is 5. The smallest absolute Gasteiger partial charge is 0.150 e. The van der Waals surface area contributed by atoms with Crippen LogP contribution >= 0.6 is 0 Å². The third-order valence-corrected chi connectivity index (χ3v) is 4.20. The summed E-state index contributed by atoms with van der Waals surface area (Å²) >= 11 is 0. The zero-order valence-corrected chi connectivity index (χ0v) is 13.3. The standard InChI is InChI=1S/C17H22N2O3/c1-12-9-14(22-18-12)11-19-8-4-5-16(19)15-10-13(20-2)6-7-17(15)21-3/h6-7,9-10,16H,4-5,8,11H2,1-3H3. The van der Waals surface area contributed by atoms with Crippen molar-refractivity contribution in [2.24, 2.45) is 0 Å². The first-order chi connectivity index (χ1) is 10.7. The molecule has 2 aromatic rings. The van der Waals surface area contributed by atoms with Gasteiger partial charge in [0, 0.05) is 17.7 Å². The van der Waals surface area contributed by atoms with Gasteiger partial charge in [-0.25, -0.2) is 0 Å². The molecule has 1 atom stereocenters. The number of likely N-dealkylation sites (tertiary alicyclic amines) is 1. The Morgan fingerprint density at radius 2 is 2.14 bits per heavy atom. The average molecular weight is 302 g/mol. The van der Waals surface area contributed by atoms with E-state index in [1.165, 1.54) is 5.56 Å². The maximum Gasteiger partial charge on any atom is 0.150 e. The lowest BCUT2D eigenvalue weighted by molar-refractivity contribution is 0.213. The molecular weight excluding hydrogens is 280 g/mol. The molecule has 3 rings (SSSR count). The topological polar surface area (TPSA) is 47.7 Å². The Kier molecular flexibility index (Phi) is 4.34. The molecule has 0 radical (unpaired) electrons. The van der Waals surface area contributed by atoms with Crippen LogP contribution in [0.1, 0.15) is 35.9 Å². The molecule has 5 heteroatoms. The zero-order chi connectivity index (χ0) is 15.5. The predicted octanol–water partition coefficient (Wildman–Crippen LogP) is 3.34. The van der Waals surface area contributed by atoms with Crippen LogP contribution in [0.5, 0.6) is 11.5 Å². The van der Waals surface area contributed by atoms with Crippen LogP contribution in [0.15, 0.2) is 28.8 Å². The van der Waals surface area contributed by atoms with E-state index in [0.717, 1.165) is 48.9 Å². The number of aryl methyl sites for hydroxylation is 1. The molecule has 0 bridgehead atoms. The van der Waals surface area contributed by atoms with E-state index in [-0.39, 0.29) is 0 Å². The van der Waals surface area contributed by atoms with Crippen molar-refractivity contribution in [3.63, 3.8) is 0 Å². The number of aromatic nitrogens is 1. The highest BCUT2D eigenvalue weighted by atomic mass is 16.5. The van der Waals surface area contributed by atoms with Crippen LogP contribution in [0, 0.1) is 6.92 Å². The van der Waals surface area contributed by atoms with Crippen molar-refractivity contribution in [1.82, 2.24) is 10.1 Å². The SMILES string of the molecule is COc1ccc(OC)c(C2CCCN2Cc2cc(C)no2)c1. The van der Waals surface area contributed by atoms with Crippen molar-refractivity contribution in [3.8, 4) is 11.5 Å². The number of rotatable bonds is 5. The number of ether oxygens (including phenoxy) is 2. The molecule has 118 valence electrons. The maximum absolute atomic E-state index is 5.54. The van der Waals surface area contributed by atoms with E-state index in [4.69, 9.17) is 14.0 Å². The Bertz CT molecular complexity index is 639. The van der Waals surface area contributed by atoms with E-state index in [1.807, 2.05) is 25.1 Å². The van der Waals surface area contributed by atoms with Gasteiger partial charge in [0.25, 0.3) is 0 Å². The van der Waals surface area contributed by atoms with Crippen LogP contribution in [-0.4, -0.2) is 30.8 Å². The second kappa shape index (κ2) is 6.40. The Labute approximate surface area is 130 Å². The maximum atomic E-state index is 5.54. The predicted molar refractivity (Wildman–Crippen MR) is 83.2 cm³/mol. The van der Waals surface area contributed by atoms with Gasteiger partial charge in [-0.05, 0) is 44.5 Å². The van der Waals surface area contributed by atoms with Gasteiger partial charge in [-0.1, -0.05) is 5.16 Å². The third kappa shape index (κ3) is 2.95. The minimum Gasteiger partial charge on any atom is -0.497 e. The Morgan fingerprint density at radius 1 is 1.27 bits per heavy atom. The molecule has 1 aromatic carbocycles. The number of methoxy groups -OCH3 is 2. The van der Waals surface area contributed by atoms with Crippen LogP contribution in [-0.2, 0) is 6.54 Å². The minimum atomic E-state index is 0.315. The summed E-state index contributed by atoms with van der Waals surface area (Å²) < 4.78 is 16.3. The molecule has 2 heterocycles. The summed E-state index contributed by atoms with van der Waals surface area (Å²) in [5.41, 5.74) is 2.10. The molecule has 22 heavy (non-hydrogen) atoms. The lowest BCUT2D eigenvalue weighted by Crippen LogP contribution is -2.23. The molecule has 0 aliphatic carbocycles. The molecule has 5 nitrogen and oxygen atoms in total. The number of benzene rings is 1. The molecule has 0 amide bonds. The van der Waals surface area contributed by atoms with E-state index in [9.17, 15) is 0 Å². The van der Waals surface area contributed by atoms with Gasteiger partial charge in [0.2, 0.25) is 0 Å². The van der Waals surface area contributed by atoms with E-state index in [1.54, 1.807) is 14.2 Å². The van der Waals surface area contributed by atoms with Crippen LogP contribution in [0.3, 0.4) is 0 Å². The van der Waals surface area contributed by atoms with Crippen molar-refractivity contribution in [1.29, 1.82) is 0 Å². The van der Waals surface area contributed by atoms with Gasteiger partial charge in [-0.2, -0.15) is 0 Å². The highest BCUT2D eigenvalue weighted by Gasteiger charge is 2.29. The molecule has 1 aliphatic rings. The summed E-state index contributed by atoms with van der Waals surface area (Å²) in [6.45, 7) is 3.76. The van der Waals surface area contributed by atoms with Gasteiger partial charge in [-0.3, -0.25) is 4.90 Å². The second-order valence-electron chi connectivity index (χ2n) is 5.67. The van der Waals surface area contributed by atoms with Crippen LogP contribution in [0.4, 0.5) is 0 Å². The number of nitrogens with zero attached hydrogens (tertiary/aromatic N) is 2. The second-order valence-corrected chi connectivity index (χ2v) is 5.67. The quantitative estimate of drug-likeness (QED) is 0.848. The Hall–Kier alpha value is -2.01. The summed E-state index contributed by atoms with van der Waals surface area (Å²) in [5.74, 6) is 2.68. The fourth-order valence-corrected chi connectivity index (χ4v) is 3.16. The van der Waals surface area contributed by atoms with Crippen LogP contribution < -0.4 is 9.47 Å². The molecule has 1 saturated heterocycles. The lowest BCUT2D eigenvalue weighted by atomic mass is 10.0. The van der Waals surface area contributed by atoms with E-state index in [2.05, 4.69) is 16.1 Å². The van der Waals surface area contributed by atoms with Crippen molar-refractivity contribution in [3.05, 3.63) is 41.3 Å². The van der Waals surface area contributed by atoms with E-state index in [0.29, 0.717) is 6.04 Å². The van der Waals surface area contributed by atoms with Gasteiger partial charge >= 0.3 is 0 Å². The molecule has 1 fully saturated rings. The van der Waals surface area contributed by atoms with E-state index >= 15 is 0 Å². The van der Waals surface area contributed by atoms with Gasteiger partial charge < -0.3 is 14.0 Å². The van der Waals surface area contributed by atoms with Gasteiger partial charge in [0.1, 0.15) is 11.5 Å². The molecule has 1 aliphatic heterocycles. The summed E-state index contributed by atoms with van der Waals surface area (Å²) in [7, 11) is 3.40.